The van der Waals surface area contributed by atoms with E-state index < -0.39 is 11.2 Å². The van der Waals surface area contributed by atoms with Gasteiger partial charge in [0.1, 0.15) is 5.60 Å². The molecule has 2 fully saturated rings. The summed E-state index contributed by atoms with van der Waals surface area (Å²) in [6, 6.07) is 0.205. The SMILES string of the molecule is CC(C)(C)OC(=O)N1CC2CC1CCC2(O)CN. The normalized spacial score (nSPS) is 35.7. The zero-order chi connectivity index (χ0) is 13.6. The standard InChI is InChI=1S/C13H24N2O3/c1-12(2,3)18-11(16)15-7-9-6-10(15)4-5-13(9,17)8-14/h9-10,17H,4-8,14H2,1-3H3. The zero-order valence-corrected chi connectivity index (χ0v) is 11.5. The molecule has 2 bridgehead atoms. The number of hydrogen-bond acceptors (Lipinski definition) is 4. The van der Waals surface area contributed by atoms with Crippen molar-refractivity contribution >= 4 is 6.09 Å². The van der Waals surface area contributed by atoms with Crippen molar-refractivity contribution in [2.75, 3.05) is 13.1 Å². The molecule has 1 aliphatic carbocycles. The lowest BCUT2D eigenvalue weighted by atomic mass is 9.76. The maximum atomic E-state index is 12.1. The summed E-state index contributed by atoms with van der Waals surface area (Å²) in [6.45, 7) is 6.43. The Morgan fingerprint density at radius 3 is 2.78 bits per heavy atom. The smallest absolute Gasteiger partial charge is 0.410 e. The third-order valence-electron chi connectivity index (χ3n) is 4.07. The van der Waals surface area contributed by atoms with Gasteiger partial charge in [-0.25, -0.2) is 4.79 Å². The fourth-order valence-electron chi connectivity index (χ4n) is 3.01. The van der Waals surface area contributed by atoms with Crippen LogP contribution in [0.5, 0.6) is 0 Å². The first-order valence-electron chi connectivity index (χ1n) is 6.67. The minimum absolute atomic E-state index is 0.0915. The number of aliphatic hydroxyl groups is 1. The molecular weight excluding hydrogens is 232 g/mol. The molecule has 1 amide bonds. The molecule has 1 saturated heterocycles. The van der Waals surface area contributed by atoms with Gasteiger partial charge < -0.3 is 20.5 Å². The fourth-order valence-corrected chi connectivity index (χ4v) is 3.01. The second kappa shape index (κ2) is 4.38. The van der Waals surface area contributed by atoms with Crippen LogP contribution in [0.1, 0.15) is 40.0 Å². The lowest BCUT2D eigenvalue weighted by Gasteiger charge is -2.35. The van der Waals surface area contributed by atoms with Gasteiger partial charge in [0.05, 0.1) is 5.60 Å². The minimum atomic E-state index is -0.798. The third kappa shape index (κ3) is 2.47. The minimum Gasteiger partial charge on any atom is -0.444 e. The maximum Gasteiger partial charge on any atom is 0.410 e. The van der Waals surface area contributed by atoms with Gasteiger partial charge in [-0.15, -0.1) is 0 Å². The molecule has 104 valence electrons. The average molecular weight is 256 g/mol. The van der Waals surface area contributed by atoms with E-state index in [1.54, 1.807) is 4.90 Å². The van der Waals surface area contributed by atoms with Gasteiger partial charge in [0.2, 0.25) is 0 Å². The van der Waals surface area contributed by atoms with Gasteiger partial charge in [-0.3, -0.25) is 0 Å². The maximum absolute atomic E-state index is 12.1. The number of hydrogen-bond donors (Lipinski definition) is 2. The van der Waals surface area contributed by atoms with Crippen molar-refractivity contribution in [1.29, 1.82) is 0 Å². The second-order valence-corrected chi connectivity index (χ2v) is 6.57. The summed E-state index contributed by atoms with van der Waals surface area (Å²) in [4.78, 5) is 13.9. The van der Waals surface area contributed by atoms with Crippen molar-refractivity contribution in [1.82, 2.24) is 4.90 Å². The summed E-state index contributed by atoms with van der Waals surface area (Å²) in [5.41, 5.74) is 4.39. The summed E-state index contributed by atoms with van der Waals surface area (Å²) in [5, 5.41) is 10.4. The van der Waals surface area contributed by atoms with Gasteiger partial charge >= 0.3 is 6.09 Å². The molecule has 2 rings (SSSR count). The molecule has 1 aliphatic heterocycles. The summed E-state index contributed by atoms with van der Waals surface area (Å²) < 4.78 is 5.41. The van der Waals surface area contributed by atoms with E-state index in [9.17, 15) is 9.90 Å². The molecule has 1 heterocycles. The fraction of sp³-hybridized carbons (Fsp3) is 0.923. The van der Waals surface area contributed by atoms with Crippen molar-refractivity contribution in [3.8, 4) is 0 Å². The highest BCUT2D eigenvalue weighted by molar-refractivity contribution is 5.69. The van der Waals surface area contributed by atoms with Gasteiger partial charge in [-0.1, -0.05) is 0 Å². The number of carbonyl (C=O) groups is 1. The number of fused-ring (bicyclic) bond motifs is 2. The largest absolute Gasteiger partial charge is 0.444 e. The quantitative estimate of drug-likeness (QED) is 0.736. The van der Waals surface area contributed by atoms with Crippen molar-refractivity contribution in [2.45, 2.75) is 57.3 Å². The van der Waals surface area contributed by atoms with Gasteiger partial charge in [0.15, 0.2) is 0 Å². The molecule has 0 aromatic carbocycles. The molecule has 3 N–H and O–H groups in total. The molecule has 0 radical (unpaired) electrons. The van der Waals surface area contributed by atoms with Crippen molar-refractivity contribution < 1.29 is 14.6 Å². The highest BCUT2D eigenvalue weighted by atomic mass is 16.6. The monoisotopic (exact) mass is 256 g/mol. The van der Waals surface area contributed by atoms with Crippen LogP contribution in [0, 0.1) is 5.92 Å². The van der Waals surface area contributed by atoms with Gasteiger partial charge in [0, 0.05) is 25.0 Å². The van der Waals surface area contributed by atoms with E-state index in [2.05, 4.69) is 0 Å². The summed E-state index contributed by atoms with van der Waals surface area (Å²) >= 11 is 0. The van der Waals surface area contributed by atoms with E-state index in [0.29, 0.717) is 13.0 Å². The predicted molar refractivity (Wildman–Crippen MR) is 68.1 cm³/mol. The van der Waals surface area contributed by atoms with Gasteiger partial charge in [-0.05, 0) is 40.0 Å². The molecule has 1 saturated carbocycles. The van der Waals surface area contributed by atoms with Crippen molar-refractivity contribution in [3.05, 3.63) is 0 Å². The lowest BCUT2D eigenvalue weighted by Crippen LogP contribution is -2.47. The van der Waals surface area contributed by atoms with Crippen molar-refractivity contribution in [3.63, 3.8) is 0 Å². The number of rotatable bonds is 1. The first kappa shape index (κ1) is 13.6. The zero-order valence-electron chi connectivity index (χ0n) is 11.5. The van der Waals surface area contributed by atoms with Crippen LogP contribution < -0.4 is 5.73 Å². The first-order chi connectivity index (χ1) is 8.25. The molecule has 0 aromatic rings. The molecule has 18 heavy (non-hydrogen) atoms. The summed E-state index contributed by atoms with van der Waals surface area (Å²) in [7, 11) is 0. The highest BCUT2D eigenvalue weighted by Crippen LogP contribution is 2.42. The van der Waals surface area contributed by atoms with Crippen LogP contribution in [0.2, 0.25) is 0 Å². The Bertz CT molecular complexity index is 340. The van der Waals surface area contributed by atoms with E-state index in [1.165, 1.54) is 0 Å². The molecule has 2 aliphatic rings. The van der Waals surface area contributed by atoms with E-state index >= 15 is 0 Å². The van der Waals surface area contributed by atoms with E-state index in [0.717, 1.165) is 12.8 Å². The number of likely N-dealkylation sites (tertiary alicyclic amines) is 1. The Balaban J connectivity index is 2.04. The molecule has 3 atom stereocenters. The van der Waals surface area contributed by atoms with Crippen LogP contribution in [0.3, 0.4) is 0 Å². The molecule has 5 nitrogen and oxygen atoms in total. The average Bonchev–Trinajstić information content (AvgIpc) is 2.63. The Kier molecular flexibility index (Phi) is 3.32. The Labute approximate surface area is 108 Å². The predicted octanol–water partition coefficient (Wildman–Crippen LogP) is 1.10. The Morgan fingerprint density at radius 1 is 1.56 bits per heavy atom. The summed E-state index contributed by atoms with van der Waals surface area (Å²) in [6.07, 6.45) is 2.06. The lowest BCUT2D eigenvalue weighted by molar-refractivity contribution is -0.0246. The van der Waals surface area contributed by atoms with Gasteiger partial charge in [0.25, 0.3) is 0 Å². The Hall–Kier alpha value is -0.810. The molecule has 5 heteroatoms. The first-order valence-corrected chi connectivity index (χ1v) is 6.67. The number of carbonyl (C=O) groups excluding carboxylic acids is 1. The van der Waals surface area contributed by atoms with Crippen molar-refractivity contribution in [2.24, 2.45) is 11.7 Å². The number of ether oxygens (including phenoxy) is 1. The van der Waals surface area contributed by atoms with Crippen LogP contribution in [-0.4, -0.2) is 46.4 Å². The number of amides is 1. The third-order valence-corrected chi connectivity index (χ3v) is 4.07. The van der Waals surface area contributed by atoms with Crippen LogP contribution >= 0.6 is 0 Å². The molecule has 3 unspecified atom stereocenters. The van der Waals surface area contributed by atoms with Crippen LogP contribution in [0.15, 0.2) is 0 Å². The van der Waals surface area contributed by atoms with Crippen LogP contribution in [0.25, 0.3) is 0 Å². The van der Waals surface area contributed by atoms with Gasteiger partial charge in [-0.2, -0.15) is 0 Å². The molecule has 0 aromatic heterocycles. The van der Waals surface area contributed by atoms with E-state index in [4.69, 9.17) is 10.5 Å². The number of nitrogens with two attached hydrogens (primary N) is 1. The summed E-state index contributed by atoms with van der Waals surface area (Å²) in [5.74, 6) is 0.0915. The second-order valence-electron chi connectivity index (χ2n) is 6.57. The molecular formula is C13H24N2O3. The van der Waals surface area contributed by atoms with Crippen LogP contribution in [0.4, 0.5) is 4.79 Å². The topological polar surface area (TPSA) is 75.8 Å². The van der Waals surface area contributed by atoms with E-state index in [1.807, 2.05) is 20.8 Å². The Morgan fingerprint density at radius 2 is 2.22 bits per heavy atom. The van der Waals surface area contributed by atoms with Crippen LogP contribution in [-0.2, 0) is 4.74 Å². The van der Waals surface area contributed by atoms with E-state index in [-0.39, 0.29) is 24.6 Å². The molecule has 0 spiro atoms. The number of nitrogens with zero attached hydrogens (tertiary/aromatic N) is 1. The highest BCUT2D eigenvalue weighted by Gasteiger charge is 2.50.